The van der Waals surface area contributed by atoms with Gasteiger partial charge in [0.2, 0.25) is 0 Å². The van der Waals surface area contributed by atoms with Crippen molar-refractivity contribution in [1.29, 1.82) is 0 Å². The van der Waals surface area contributed by atoms with E-state index in [1.54, 1.807) is 0 Å². The summed E-state index contributed by atoms with van der Waals surface area (Å²) in [5, 5.41) is 3.48. The molecule has 2 nitrogen and oxygen atoms in total. The Kier molecular flexibility index (Phi) is 0.408. The van der Waals surface area contributed by atoms with E-state index in [-0.39, 0.29) is 0 Å². The van der Waals surface area contributed by atoms with E-state index in [1.165, 1.54) is 25.9 Å². The molecule has 3 unspecified atom stereocenters. The number of nitrogens with one attached hydrogen (secondary N) is 1. The van der Waals surface area contributed by atoms with E-state index in [1.807, 2.05) is 0 Å². The van der Waals surface area contributed by atoms with E-state index in [9.17, 15) is 0 Å². The predicted octanol–water partition coefficient (Wildman–Crippen LogP) is 0.112. The third-order valence-electron chi connectivity index (χ3n) is 2.96. The molecule has 1 N–H and O–H groups in total. The molecule has 3 rings (SSSR count). The van der Waals surface area contributed by atoms with Gasteiger partial charge in [-0.05, 0) is 19.3 Å². The Labute approximate surface area is 48.9 Å². The normalized spacial score (nSPS) is 66.0. The highest BCUT2D eigenvalue weighted by molar-refractivity contribution is 5.23. The topological polar surface area (TPSA) is 15.0 Å². The van der Waals surface area contributed by atoms with Crippen molar-refractivity contribution in [2.24, 2.45) is 0 Å². The summed E-state index contributed by atoms with van der Waals surface area (Å²) in [6.45, 7) is 1.17. The minimum atomic E-state index is 0.583. The number of fused-ring (bicyclic) bond motifs is 1. The van der Waals surface area contributed by atoms with Crippen LogP contribution < -0.4 is 5.32 Å². The van der Waals surface area contributed by atoms with Gasteiger partial charge in [-0.25, -0.2) is 0 Å². The maximum Gasteiger partial charge on any atom is 0.0897 e. The minimum Gasteiger partial charge on any atom is -0.285 e. The van der Waals surface area contributed by atoms with Crippen LogP contribution in [0.5, 0.6) is 0 Å². The van der Waals surface area contributed by atoms with Gasteiger partial charge in [-0.2, -0.15) is 0 Å². The highest BCUT2D eigenvalue weighted by atomic mass is 15.6. The Balaban J connectivity index is 2.00. The smallest absolute Gasteiger partial charge is 0.0897 e. The summed E-state index contributed by atoms with van der Waals surface area (Å²) in [5.41, 5.74) is 0.583. The second kappa shape index (κ2) is 0.847. The zero-order valence-corrected chi connectivity index (χ0v) is 4.85. The maximum absolute atomic E-state index is 3.48. The lowest BCUT2D eigenvalue weighted by molar-refractivity contribution is 0.188. The molecule has 1 saturated carbocycles. The van der Waals surface area contributed by atoms with Crippen molar-refractivity contribution < 1.29 is 0 Å². The molecule has 2 heterocycles. The van der Waals surface area contributed by atoms with Gasteiger partial charge < -0.3 is 0 Å². The minimum absolute atomic E-state index is 0.583. The number of piperidine rings is 1. The Bertz CT molecular complexity index is 145. The fourth-order valence-corrected chi connectivity index (χ4v) is 2.42. The van der Waals surface area contributed by atoms with Crippen molar-refractivity contribution in [1.82, 2.24) is 10.2 Å². The molecule has 2 aliphatic heterocycles. The van der Waals surface area contributed by atoms with Gasteiger partial charge in [0.05, 0.1) is 12.3 Å². The second-order valence-corrected chi connectivity index (χ2v) is 3.14. The summed E-state index contributed by atoms with van der Waals surface area (Å²) < 4.78 is 0. The zero-order valence-electron chi connectivity index (χ0n) is 4.85. The van der Waals surface area contributed by atoms with Gasteiger partial charge in [0.15, 0.2) is 0 Å². The Morgan fingerprint density at radius 3 is 3.00 bits per heavy atom. The molecular formula is C6H10N2. The Morgan fingerprint density at radius 2 is 2.62 bits per heavy atom. The lowest BCUT2D eigenvalue weighted by atomic mass is 10.2. The Morgan fingerprint density at radius 1 is 1.62 bits per heavy atom. The van der Waals surface area contributed by atoms with E-state index in [4.69, 9.17) is 0 Å². The molecule has 0 aromatic carbocycles. The lowest BCUT2D eigenvalue weighted by Gasteiger charge is -2.27. The van der Waals surface area contributed by atoms with Gasteiger partial charge in [-0.15, -0.1) is 0 Å². The Hall–Kier alpha value is -0.0800. The van der Waals surface area contributed by atoms with Gasteiger partial charge in [0.1, 0.15) is 0 Å². The first-order chi connectivity index (χ1) is 3.93. The quantitative estimate of drug-likeness (QED) is 0.445. The first-order valence-corrected chi connectivity index (χ1v) is 3.45. The van der Waals surface area contributed by atoms with Crippen molar-refractivity contribution in [3.8, 4) is 0 Å². The molecule has 0 amide bonds. The van der Waals surface area contributed by atoms with Gasteiger partial charge in [0.25, 0.3) is 0 Å². The fourth-order valence-electron chi connectivity index (χ4n) is 2.42. The SMILES string of the molecule is C1CC2N3CNC23C1. The zero-order chi connectivity index (χ0) is 5.19. The third kappa shape index (κ3) is 0.198. The van der Waals surface area contributed by atoms with Crippen LogP contribution in [0, 0.1) is 0 Å². The molecule has 0 radical (unpaired) electrons. The van der Waals surface area contributed by atoms with Gasteiger partial charge in [-0.3, -0.25) is 10.2 Å². The first kappa shape index (κ1) is 3.85. The summed E-state index contributed by atoms with van der Waals surface area (Å²) in [6, 6.07) is 0.961. The standard InChI is InChI=1S/C6H10N2/c1-2-5-6(3-1)7-4-8(5)6/h5,7H,1-4H2. The number of hydrogen-bond donors (Lipinski definition) is 1. The van der Waals surface area contributed by atoms with Crippen LogP contribution in [-0.4, -0.2) is 23.3 Å². The molecule has 3 atom stereocenters. The first-order valence-electron chi connectivity index (χ1n) is 3.45. The highest BCUT2D eigenvalue weighted by Crippen LogP contribution is 2.55. The summed E-state index contributed by atoms with van der Waals surface area (Å²) in [7, 11) is 0. The van der Waals surface area contributed by atoms with Crippen LogP contribution in [0.15, 0.2) is 0 Å². The van der Waals surface area contributed by atoms with Crippen LogP contribution in [0.4, 0.5) is 0 Å². The average molecular weight is 110 g/mol. The van der Waals surface area contributed by atoms with Crippen molar-refractivity contribution in [3.63, 3.8) is 0 Å². The van der Waals surface area contributed by atoms with Gasteiger partial charge in [-0.1, -0.05) is 0 Å². The molecule has 0 aromatic heterocycles. The number of hydrogen-bond acceptors (Lipinski definition) is 2. The maximum atomic E-state index is 3.48. The summed E-state index contributed by atoms with van der Waals surface area (Å²) in [6.07, 6.45) is 4.32. The molecule has 2 heteroatoms. The molecule has 44 valence electrons. The molecule has 0 aromatic rings. The van der Waals surface area contributed by atoms with Crippen LogP contribution in [-0.2, 0) is 0 Å². The van der Waals surface area contributed by atoms with Crippen LogP contribution in [0.2, 0.25) is 0 Å². The monoisotopic (exact) mass is 110 g/mol. The lowest BCUT2D eigenvalue weighted by Crippen LogP contribution is -2.50. The van der Waals surface area contributed by atoms with E-state index < -0.39 is 0 Å². The van der Waals surface area contributed by atoms with Crippen molar-refractivity contribution >= 4 is 0 Å². The molecule has 3 fully saturated rings. The number of rotatable bonds is 0. The average Bonchev–Trinajstić information content (AvgIpc) is 2.20. The molecule has 1 aliphatic carbocycles. The third-order valence-corrected chi connectivity index (χ3v) is 2.96. The van der Waals surface area contributed by atoms with Crippen LogP contribution in [0.25, 0.3) is 0 Å². The summed E-state index contributed by atoms with van der Waals surface area (Å²) >= 11 is 0. The van der Waals surface area contributed by atoms with Gasteiger partial charge in [0, 0.05) is 6.04 Å². The van der Waals surface area contributed by atoms with E-state index in [2.05, 4.69) is 10.2 Å². The molecular weight excluding hydrogens is 100 g/mol. The van der Waals surface area contributed by atoms with Gasteiger partial charge >= 0.3 is 0 Å². The van der Waals surface area contributed by atoms with Crippen molar-refractivity contribution in [2.45, 2.75) is 31.0 Å². The second-order valence-electron chi connectivity index (χ2n) is 3.14. The molecule has 3 aliphatic rings. The summed E-state index contributed by atoms with van der Waals surface area (Å²) in [4.78, 5) is 2.57. The number of nitrogens with zero attached hydrogens (tertiary/aromatic N) is 1. The van der Waals surface area contributed by atoms with Crippen molar-refractivity contribution in [3.05, 3.63) is 0 Å². The van der Waals surface area contributed by atoms with Crippen molar-refractivity contribution in [2.75, 3.05) is 6.67 Å². The van der Waals surface area contributed by atoms with Crippen LogP contribution in [0.1, 0.15) is 19.3 Å². The molecule has 2 saturated heterocycles. The molecule has 1 spiro atoms. The van der Waals surface area contributed by atoms with E-state index in [0.29, 0.717) is 5.66 Å². The largest absolute Gasteiger partial charge is 0.285 e. The van der Waals surface area contributed by atoms with E-state index >= 15 is 0 Å². The summed E-state index contributed by atoms with van der Waals surface area (Å²) in [5.74, 6) is 0. The van der Waals surface area contributed by atoms with Crippen LogP contribution >= 0.6 is 0 Å². The highest BCUT2D eigenvalue weighted by Gasteiger charge is 2.70. The fraction of sp³-hybridized carbons (Fsp3) is 1.00. The van der Waals surface area contributed by atoms with E-state index in [0.717, 1.165) is 6.04 Å². The predicted molar refractivity (Wildman–Crippen MR) is 30.2 cm³/mol. The molecule has 0 bridgehead atoms. The molecule has 8 heavy (non-hydrogen) atoms. The van der Waals surface area contributed by atoms with Crippen LogP contribution in [0.3, 0.4) is 0 Å².